The second-order valence-corrected chi connectivity index (χ2v) is 5.65. The maximum atomic E-state index is 14.3. The molecule has 0 aliphatic heterocycles. The van der Waals surface area contributed by atoms with E-state index in [9.17, 15) is 26.3 Å². The Kier molecular flexibility index (Phi) is 6.29. The van der Waals surface area contributed by atoms with Crippen molar-refractivity contribution in [3.05, 3.63) is 77.1 Å². The van der Waals surface area contributed by atoms with Crippen LogP contribution in [0.1, 0.15) is 24.5 Å². The fraction of sp³-hybridized carbons (Fsp3) is 0.200. The molecule has 0 radical (unpaired) electrons. The van der Waals surface area contributed by atoms with E-state index >= 15 is 0 Å². The molecular formula is C20H16F6. The third kappa shape index (κ3) is 5.25. The Morgan fingerprint density at radius 1 is 0.923 bits per heavy atom. The van der Waals surface area contributed by atoms with E-state index in [1.54, 1.807) is 6.07 Å². The number of halogens is 6. The van der Waals surface area contributed by atoms with Gasteiger partial charge in [0.05, 0.1) is 0 Å². The summed E-state index contributed by atoms with van der Waals surface area (Å²) in [6.45, 7) is 1.88. The van der Waals surface area contributed by atoms with Crippen molar-refractivity contribution in [2.24, 2.45) is 0 Å². The van der Waals surface area contributed by atoms with E-state index in [1.807, 2.05) is 19.1 Å². The minimum atomic E-state index is -4.69. The summed E-state index contributed by atoms with van der Waals surface area (Å²) in [5.41, 5.74) is -0.199. The van der Waals surface area contributed by atoms with E-state index in [0.717, 1.165) is 24.1 Å². The summed E-state index contributed by atoms with van der Waals surface area (Å²) in [5, 5.41) is 0. The lowest BCUT2D eigenvalue weighted by Crippen LogP contribution is -2.01. The van der Waals surface area contributed by atoms with Crippen LogP contribution < -0.4 is 0 Å². The van der Waals surface area contributed by atoms with Crippen molar-refractivity contribution in [3.8, 4) is 11.1 Å². The Morgan fingerprint density at radius 2 is 1.58 bits per heavy atom. The highest BCUT2D eigenvalue weighted by molar-refractivity contribution is 5.67. The summed E-state index contributed by atoms with van der Waals surface area (Å²) >= 11 is 0. The molecule has 0 aliphatic rings. The molecule has 0 saturated heterocycles. The van der Waals surface area contributed by atoms with Crippen LogP contribution in [0.25, 0.3) is 17.2 Å². The number of aryl methyl sites for hydroxylation is 1. The number of allylic oxidation sites excluding steroid dienone is 3. The van der Waals surface area contributed by atoms with Gasteiger partial charge < -0.3 is 0 Å². The monoisotopic (exact) mass is 370 g/mol. The molecule has 0 fully saturated rings. The summed E-state index contributed by atoms with van der Waals surface area (Å²) in [7, 11) is 0. The van der Waals surface area contributed by atoms with Crippen molar-refractivity contribution in [2.75, 3.05) is 0 Å². The fourth-order valence-corrected chi connectivity index (χ4v) is 2.44. The van der Waals surface area contributed by atoms with E-state index in [-0.39, 0.29) is 17.2 Å². The number of hydrogen-bond acceptors (Lipinski definition) is 0. The predicted molar refractivity (Wildman–Crippen MR) is 90.0 cm³/mol. The van der Waals surface area contributed by atoms with Crippen molar-refractivity contribution in [1.29, 1.82) is 0 Å². The standard InChI is InChI=1S/C20H16F6/c1-2-3-4-5-13-6-7-15(17(21)10-13)14-11-18(22)16(19(23)12-14)8-9-20(24,25)26/h2-3,6-12H,4-5H2,1H3/b3-2+,9-8+. The maximum Gasteiger partial charge on any atom is 0.409 e. The van der Waals surface area contributed by atoms with Crippen LogP contribution in [0.15, 0.2) is 48.6 Å². The van der Waals surface area contributed by atoms with E-state index in [0.29, 0.717) is 12.5 Å². The van der Waals surface area contributed by atoms with Crippen LogP contribution in [0.2, 0.25) is 0 Å². The van der Waals surface area contributed by atoms with Gasteiger partial charge in [0.25, 0.3) is 0 Å². The lowest BCUT2D eigenvalue weighted by Gasteiger charge is -2.09. The van der Waals surface area contributed by atoms with Gasteiger partial charge in [-0.05, 0) is 55.2 Å². The van der Waals surface area contributed by atoms with Crippen LogP contribution >= 0.6 is 0 Å². The van der Waals surface area contributed by atoms with Crippen molar-refractivity contribution in [1.82, 2.24) is 0 Å². The molecule has 0 aromatic heterocycles. The fourth-order valence-electron chi connectivity index (χ4n) is 2.44. The maximum absolute atomic E-state index is 14.3. The summed E-state index contributed by atoms with van der Waals surface area (Å²) in [6.07, 6.45) is 0.537. The largest absolute Gasteiger partial charge is 0.409 e. The molecule has 0 N–H and O–H groups in total. The Hall–Kier alpha value is -2.50. The van der Waals surface area contributed by atoms with Crippen molar-refractivity contribution in [2.45, 2.75) is 25.9 Å². The molecule has 2 aromatic rings. The van der Waals surface area contributed by atoms with E-state index in [4.69, 9.17) is 0 Å². The van der Waals surface area contributed by atoms with Gasteiger partial charge in [0.1, 0.15) is 17.5 Å². The lowest BCUT2D eigenvalue weighted by molar-refractivity contribution is -0.0790. The van der Waals surface area contributed by atoms with E-state index in [2.05, 4.69) is 0 Å². The Balaban J connectivity index is 2.33. The molecule has 0 saturated carbocycles. The number of alkyl halides is 3. The highest BCUT2D eigenvalue weighted by Gasteiger charge is 2.23. The second kappa shape index (κ2) is 8.25. The second-order valence-electron chi connectivity index (χ2n) is 5.65. The van der Waals surface area contributed by atoms with Crippen molar-refractivity contribution >= 4 is 6.08 Å². The van der Waals surface area contributed by atoms with Crippen LogP contribution in [-0.2, 0) is 6.42 Å². The summed E-state index contributed by atoms with van der Waals surface area (Å²) < 4.78 is 78.8. The SMILES string of the molecule is C/C=C/CCc1ccc(-c2cc(F)c(/C=C/C(F)(F)F)c(F)c2)c(F)c1. The Labute approximate surface area is 147 Å². The topological polar surface area (TPSA) is 0 Å². The molecule has 0 aliphatic carbocycles. The molecule has 0 amide bonds. The first-order chi connectivity index (χ1) is 12.2. The van der Waals surface area contributed by atoms with Gasteiger partial charge in [-0.2, -0.15) is 13.2 Å². The molecule has 26 heavy (non-hydrogen) atoms. The van der Waals surface area contributed by atoms with E-state index in [1.165, 1.54) is 12.1 Å². The quantitative estimate of drug-likeness (QED) is 0.399. The molecule has 0 heterocycles. The number of hydrogen-bond donors (Lipinski definition) is 0. The molecule has 0 nitrogen and oxygen atoms in total. The molecular weight excluding hydrogens is 354 g/mol. The predicted octanol–water partition coefficient (Wildman–Crippen LogP) is 6.86. The Morgan fingerprint density at radius 3 is 2.12 bits per heavy atom. The summed E-state index contributed by atoms with van der Waals surface area (Å²) in [6, 6.07) is 5.97. The van der Waals surface area contributed by atoms with Gasteiger partial charge in [-0.25, -0.2) is 13.2 Å². The third-order valence-electron chi connectivity index (χ3n) is 3.70. The van der Waals surface area contributed by atoms with Crippen LogP contribution in [-0.4, -0.2) is 6.18 Å². The average molecular weight is 370 g/mol. The Bertz CT molecular complexity index is 808. The first-order valence-electron chi connectivity index (χ1n) is 7.86. The smallest absolute Gasteiger partial charge is 0.206 e. The zero-order valence-corrected chi connectivity index (χ0v) is 13.9. The van der Waals surface area contributed by atoms with Crippen LogP contribution in [0.5, 0.6) is 0 Å². The molecule has 2 aromatic carbocycles. The number of rotatable bonds is 5. The zero-order chi connectivity index (χ0) is 19.3. The van der Waals surface area contributed by atoms with Gasteiger partial charge in [0, 0.05) is 17.2 Å². The lowest BCUT2D eigenvalue weighted by atomic mass is 9.99. The molecule has 0 unspecified atom stereocenters. The van der Waals surface area contributed by atoms with Crippen LogP contribution in [0.3, 0.4) is 0 Å². The van der Waals surface area contributed by atoms with Gasteiger partial charge in [0.2, 0.25) is 0 Å². The van der Waals surface area contributed by atoms with E-state index < -0.39 is 29.2 Å². The van der Waals surface area contributed by atoms with Gasteiger partial charge in [-0.3, -0.25) is 0 Å². The van der Waals surface area contributed by atoms with Crippen molar-refractivity contribution in [3.63, 3.8) is 0 Å². The summed E-state index contributed by atoms with van der Waals surface area (Å²) in [5.74, 6) is -3.05. The molecule has 2 rings (SSSR count). The minimum absolute atomic E-state index is 0.0241. The molecule has 138 valence electrons. The minimum Gasteiger partial charge on any atom is -0.206 e. The van der Waals surface area contributed by atoms with Gasteiger partial charge >= 0.3 is 6.18 Å². The van der Waals surface area contributed by atoms with Gasteiger partial charge in [0.15, 0.2) is 0 Å². The van der Waals surface area contributed by atoms with Crippen LogP contribution in [0, 0.1) is 17.5 Å². The molecule has 0 spiro atoms. The summed E-state index contributed by atoms with van der Waals surface area (Å²) in [4.78, 5) is 0. The number of benzene rings is 2. The first-order valence-corrected chi connectivity index (χ1v) is 7.86. The molecule has 6 heteroatoms. The highest BCUT2D eigenvalue weighted by atomic mass is 19.4. The highest BCUT2D eigenvalue weighted by Crippen LogP contribution is 2.29. The van der Waals surface area contributed by atoms with Crippen LogP contribution in [0.4, 0.5) is 26.3 Å². The molecule has 0 bridgehead atoms. The van der Waals surface area contributed by atoms with Gasteiger partial charge in [-0.1, -0.05) is 24.3 Å². The molecule has 0 atom stereocenters. The first kappa shape index (κ1) is 19.8. The zero-order valence-electron chi connectivity index (χ0n) is 13.9. The van der Waals surface area contributed by atoms with Gasteiger partial charge in [-0.15, -0.1) is 0 Å². The third-order valence-corrected chi connectivity index (χ3v) is 3.70. The average Bonchev–Trinajstić information content (AvgIpc) is 2.53. The van der Waals surface area contributed by atoms with Crippen molar-refractivity contribution < 1.29 is 26.3 Å². The normalized spacial score (nSPS) is 12.4.